The molecule has 43 heavy (non-hydrogen) atoms. The summed E-state index contributed by atoms with van der Waals surface area (Å²) in [4.78, 5) is 51.7. The summed E-state index contributed by atoms with van der Waals surface area (Å²) < 4.78 is 7.55. The molecule has 0 spiro atoms. The van der Waals surface area contributed by atoms with E-state index in [-0.39, 0.29) is 29.3 Å². The second-order valence-electron chi connectivity index (χ2n) is 10.7. The molecule has 1 aromatic carbocycles. The van der Waals surface area contributed by atoms with Crippen molar-refractivity contribution in [3.8, 4) is 5.75 Å². The van der Waals surface area contributed by atoms with Gasteiger partial charge >= 0.3 is 0 Å². The molecule has 0 aliphatic carbocycles. The van der Waals surface area contributed by atoms with Crippen LogP contribution in [0.1, 0.15) is 56.1 Å². The number of nitrogens with zero attached hydrogens (tertiary/aromatic N) is 4. The minimum absolute atomic E-state index is 0.00134. The SMILES string of the molecule is C=CC(=O)N1CCN(C[C@@H](Oc2cc(C)c(C(=O)Nc3ncc(I)cc3C)cc2C(=O)NC)c2ccc(C)cn2)C[C@H]1C. The third-order valence-electron chi connectivity index (χ3n) is 7.45. The highest BCUT2D eigenvalue weighted by Crippen LogP contribution is 2.30. The van der Waals surface area contributed by atoms with Gasteiger partial charge in [-0.2, -0.15) is 0 Å². The van der Waals surface area contributed by atoms with Crippen molar-refractivity contribution in [1.29, 1.82) is 0 Å². The Labute approximate surface area is 266 Å². The average Bonchev–Trinajstić information content (AvgIpc) is 2.98. The maximum absolute atomic E-state index is 13.3. The number of nitrogens with one attached hydrogen (secondary N) is 2. The van der Waals surface area contributed by atoms with E-state index >= 15 is 0 Å². The summed E-state index contributed by atoms with van der Waals surface area (Å²) in [7, 11) is 1.54. The number of anilines is 1. The molecular formula is C32H37IN6O4. The van der Waals surface area contributed by atoms with Gasteiger partial charge in [0, 0.05) is 60.8 Å². The van der Waals surface area contributed by atoms with E-state index in [1.54, 1.807) is 31.5 Å². The van der Waals surface area contributed by atoms with E-state index in [4.69, 9.17) is 4.74 Å². The topological polar surface area (TPSA) is 117 Å². The molecule has 0 unspecified atom stereocenters. The molecule has 4 rings (SSSR count). The summed E-state index contributed by atoms with van der Waals surface area (Å²) in [6.07, 6.45) is 4.29. The molecule has 0 radical (unpaired) electrons. The van der Waals surface area contributed by atoms with Crippen LogP contribution in [0.25, 0.3) is 0 Å². The van der Waals surface area contributed by atoms with Crippen LogP contribution in [0.3, 0.4) is 0 Å². The maximum atomic E-state index is 13.3. The third-order valence-corrected chi connectivity index (χ3v) is 8.04. The molecule has 1 aliphatic heterocycles. The molecule has 1 saturated heterocycles. The van der Waals surface area contributed by atoms with Crippen LogP contribution < -0.4 is 15.4 Å². The Morgan fingerprint density at radius 3 is 2.47 bits per heavy atom. The number of halogens is 1. The van der Waals surface area contributed by atoms with Crippen molar-refractivity contribution in [3.63, 3.8) is 0 Å². The van der Waals surface area contributed by atoms with Gasteiger partial charge in [0.05, 0.1) is 11.3 Å². The highest BCUT2D eigenvalue weighted by atomic mass is 127. The van der Waals surface area contributed by atoms with Crippen molar-refractivity contribution in [3.05, 3.63) is 92.5 Å². The fourth-order valence-corrected chi connectivity index (χ4v) is 5.68. The fraction of sp³-hybridized carbons (Fsp3) is 0.344. The highest BCUT2D eigenvalue weighted by Gasteiger charge is 2.30. The van der Waals surface area contributed by atoms with Crippen molar-refractivity contribution < 1.29 is 19.1 Å². The molecule has 3 aromatic rings. The molecule has 0 bridgehead atoms. The number of pyridine rings is 2. The number of ether oxygens (including phenoxy) is 1. The van der Waals surface area contributed by atoms with E-state index in [1.165, 1.54) is 13.1 Å². The van der Waals surface area contributed by atoms with Crippen LogP contribution in [0.4, 0.5) is 5.82 Å². The fourth-order valence-electron chi connectivity index (χ4n) is 5.07. The number of aromatic nitrogens is 2. The van der Waals surface area contributed by atoms with Crippen molar-refractivity contribution in [2.75, 3.05) is 38.5 Å². The number of aryl methyl sites for hydroxylation is 3. The normalized spacial score (nSPS) is 15.9. The number of rotatable bonds is 9. The minimum atomic E-state index is -0.518. The maximum Gasteiger partial charge on any atom is 0.257 e. The standard InChI is InChI=1S/C32H37IN6O4/c1-7-29(40)39-11-10-38(17-22(39)5)18-28(26-9-8-19(2)15-35-26)43-27-13-20(3)24(14-25(27)31(41)34-6)32(42)37-30-21(4)12-23(33)16-36-30/h7-9,12-16,22,28H,1,10-11,17-18H2,2-6H3,(H,34,41)(H,36,37,42)/t22-,28-/m1/s1. The Bertz CT molecular complexity index is 1530. The molecule has 226 valence electrons. The zero-order valence-corrected chi connectivity index (χ0v) is 27.3. The summed E-state index contributed by atoms with van der Waals surface area (Å²) in [6.45, 7) is 13.6. The van der Waals surface area contributed by atoms with E-state index in [0.29, 0.717) is 54.6 Å². The number of amides is 3. The molecule has 11 heteroatoms. The average molecular weight is 697 g/mol. The van der Waals surface area contributed by atoms with Gasteiger partial charge in [0.2, 0.25) is 5.91 Å². The summed E-state index contributed by atoms with van der Waals surface area (Å²) in [6, 6.07) is 9.10. The predicted octanol–water partition coefficient (Wildman–Crippen LogP) is 4.46. The van der Waals surface area contributed by atoms with E-state index in [9.17, 15) is 14.4 Å². The predicted molar refractivity (Wildman–Crippen MR) is 174 cm³/mol. The van der Waals surface area contributed by atoms with Crippen LogP contribution in [-0.4, -0.2) is 76.8 Å². The number of carbonyl (C=O) groups excluding carboxylic acids is 3. The monoisotopic (exact) mass is 696 g/mol. The van der Waals surface area contributed by atoms with Crippen molar-refractivity contribution in [2.24, 2.45) is 0 Å². The lowest BCUT2D eigenvalue weighted by Gasteiger charge is -2.40. The van der Waals surface area contributed by atoms with Crippen molar-refractivity contribution >= 4 is 46.1 Å². The van der Waals surface area contributed by atoms with Gasteiger partial charge in [0.1, 0.15) is 11.6 Å². The first-order valence-electron chi connectivity index (χ1n) is 14.1. The summed E-state index contributed by atoms with van der Waals surface area (Å²) in [5.41, 5.74) is 3.78. The minimum Gasteiger partial charge on any atom is -0.482 e. The van der Waals surface area contributed by atoms with E-state index < -0.39 is 6.10 Å². The van der Waals surface area contributed by atoms with Gasteiger partial charge in [0.25, 0.3) is 11.8 Å². The van der Waals surface area contributed by atoms with Crippen LogP contribution in [0.5, 0.6) is 5.75 Å². The lowest BCUT2D eigenvalue weighted by molar-refractivity contribution is -0.130. The van der Waals surface area contributed by atoms with Crippen LogP contribution in [0, 0.1) is 24.3 Å². The molecule has 2 N–H and O–H groups in total. The van der Waals surface area contributed by atoms with Crippen molar-refractivity contribution in [2.45, 2.75) is 39.8 Å². The van der Waals surface area contributed by atoms with Crippen molar-refractivity contribution in [1.82, 2.24) is 25.1 Å². The molecule has 3 amide bonds. The van der Waals surface area contributed by atoms with Crippen LogP contribution >= 0.6 is 22.6 Å². The third kappa shape index (κ3) is 7.77. The van der Waals surface area contributed by atoms with Gasteiger partial charge in [-0.15, -0.1) is 0 Å². The smallest absolute Gasteiger partial charge is 0.257 e. The molecule has 0 saturated carbocycles. The molecule has 3 heterocycles. The number of carbonyl (C=O) groups is 3. The Morgan fingerprint density at radius 1 is 1.07 bits per heavy atom. The van der Waals surface area contributed by atoms with Gasteiger partial charge in [-0.05, 0) is 97.3 Å². The van der Waals surface area contributed by atoms with E-state index in [0.717, 1.165) is 14.7 Å². The highest BCUT2D eigenvalue weighted by molar-refractivity contribution is 14.1. The summed E-state index contributed by atoms with van der Waals surface area (Å²) >= 11 is 2.17. The van der Waals surface area contributed by atoms with Crippen LogP contribution in [0.15, 0.2) is 55.4 Å². The molecule has 2 aromatic heterocycles. The van der Waals surface area contributed by atoms with Crippen LogP contribution in [0.2, 0.25) is 0 Å². The Kier molecular flexibility index (Phi) is 10.5. The summed E-state index contributed by atoms with van der Waals surface area (Å²) in [5.74, 6) is -0.0286. The van der Waals surface area contributed by atoms with Gasteiger partial charge in [-0.25, -0.2) is 4.98 Å². The quantitative estimate of drug-likeness (QED) is 0.251. The first kappa shape index (κ1) is 32.1. The molecule has 2 atom stereocenters. The van der Waals surface area contributed by atoms with E-state index in [1.807, 2.05) is 43.9 Å². The number of benzene rings is 1. The second-order valence-corrected chi connectivity index (χ2v) is 12.0. The lowest BCUT2D eigenvalue weighted by atomic mass is 10.0. The zero-order chi connectivity index (χ0) is 31.3. The van der Waals surface area contributed by atoms with Gasteiger partial charge in [0.15, 0.2) is 6.10 Å². The number of piperazine rings is 1. The summed E-state index contributed by atoms with van der Waals surface area (Å²) in [5, 5.41) is 5.53. The van der Waals surface area contributed by atoms with E-state index in [2.05, 4.69) is 54.7 Å². The van der Waals surface area contributed by atoms with Gasteiger partial charge in [-0.3, -0.25) is 24.3 Å². The molecular weight excluding hydrogens is 659 g/mol. The molecule has 1 aliphatic rings. The Hall–Kier alpha value is -3.84. The van der Waals surface area contributed by atoms with Gasteiger partial charge in [-0.1, -0.05) is 12.6 Å². The molecule has 10 nitrogen and oxygen atoms in total. The Balaban J connectivity index is 1.64. The second kappa shape index (κ2) is 14.1. The first-order valence-corrected chi connectivity index (χ1v) is 15.1. The zero-order valence-electron chi connectivity index (χ0n) is 25.1. The van der Waals surface area contributed by atoms with Gasteiger partial charge < -0.3 is 20.3 Å². The van der Waals surface area contributed by atoms with Crippen LogP contribution in [-0.2, 0) is 4.79 Å². The lowest BCUT2D eigenvalue weighted by Crippen LogP contribution is -2.54. The number of hydrogen-bond donors (Lipinski definition) is 2. The largest absolute Gasteiger partial charge is 0.482 e. The first-order chi connectivity index (χ1) is 20.5. The molecule has 1 fully saturated rings. The Morgan fingerprint density at radius 2 is 1.84 bits per heavy atom. The number of hydrogen-bond acceptors (Lipinski definition) is 7.